The van der Waals surface area contributed by atoms with Crippen molar-refractivity contribution in [2.75, 3.05) is 25.0 Å². The summed E-state index contributed by atoms with van der Waals surface area (Å²) in [5, 5.41) is 6.10. The van der Waals surface area contributed by atoms with Crippen LogP contribution in [-0.4, -0.2) is 42.4 Å². The monoisotopic (exact) mass is 385 g/mol. The van der Waals surface area contributed by atoms with Gasteiger partial charge < -0.3 is 15.5 Å². The summed E-state index contributed by atoms with van der Waals surface area (Å²) >= 11 is 0. The lowest BCUT2D eigenvalue weighted by Crippen LogP contribution is -2.43. The second-order valence-electron chi connectivity index (χ2n) is 8.71. The van der Waals surface area contributed by atoms with Crippen LogP contribution in [0, 0.1) is 11.8 Å². The van der Waals surface area contributed by atoms with E-state index in [4.69, 9.17) is 0 Å². The number of piperidine rings is 1. The van der Waals surface area contributed by atoms with Crippen LogP contribution in [0.1, 0.15) is 69.2 Å². The van der Waals surface area contributed by atoms with Crippen LogP contribution < -0.4 is 10.6 Å². The molecule has 0 spiro atoms. The molecule has 2 N–H and O–H groups in total. The summed E-state index contributed by atoms with van der Waals surface area (Å²) in [6, 6.07) is 7.86. The van der Waals surface area contributed by atoms with E-state index in [1.54, 1.807) is 6.07 Å². The lowest BCUT2D eigenvalue weighted by atomic mass is 9.88. The Bertz CT molecular complexity index is 668. The molecule has 154 valence electrons. The molecule has 0 bridgehead atoms. The third kappa shape index (κ3) is 5.81. The van der Waals surface area contributed by atoms with E-state index in [1.165, 1.54) is 19.3 Å². The number of likely N-dealkylation sites (tertiary alicyclic amines) is 1. The molecule has 0 aromatic heterocycles. The highest BCUT2D eigenvalue weighted by Crippen LogP contribution is 2.25. The van der Waals surface area contributed by atoms with Gasteiger partial charge in [-0.15, -0.1) is 0 Å². The van der Waals surface area contributed by atoms with E-state index in [0.717, 1.165) is 38.8 Å². The highest BCUT2D eigenvalue weighted by molar-refractivity contribution is 5.97. The summed E-state index contributed by atoms with van der Waals surface area (Å²) in [6.45, 7) is 7.38. The maximum Gasteiger partial charge on any atom is 0.251 e. The number of carbonyl (C=O) groups is 2. The minimum Gasteiger partial charge on any atom is -0.352 e. The number of nitrogens with one attached hydrogen (secondary N) is 2. The lowest BCUT2D eigenvalue weighted by Gasteiger charge is -2.35. The van der Waals surface area contributed by atoms with Gasteiger partial charge in [-0.05, 0) is 70.2 Å². The predicted molar refractivity (Wildman–Crippen MR) is 113 cm³/mol. The van der Waals surface area contributed by atoms with E-state index < -0.39 is 0 Å². The third-order valence-corrected chi connectivity index (χ3v) is 6.20. The molecule has 3 rings (SSSR count). The molecule has 1 aromatic carbocycles. The number of amides is 2. The molecule has 1 saturated carbocycles. The topological polar surface area (TPSA) is 61.4 Å². The molecule has 1 unspecified atom stereocenters. The van der Waals surface area contributed by atoms with Gasteiger partial charge in [-0.2, -0.15) is 0 Å². The van der Waals surface area contributed by atoms with Gasteiger partial charge in [-0.25, -0.2) is 0 Å². The third-order valence-electron chi connectivity index (χ3n) is 6.20. The zero-order chi connectivity index (χ0) is 19.9. The molecule has 5 nitrogen and oxygen atoms in total. The fourth-order valence-corrected chi connectivity index (χ4v) is 4.42. The van der Waals surface area contributed by atoms with Crippen LogP contribution in [0.4, 0.5) is 5.69 Å². The summed E-state index contributed by atoms with van der Waals surface area (Å²) in [5.41, 5.74) is 1.32. The highest BCUT2D eigenvalue weighted by atomic mass is 16.2. The fourth-order valence-electron chi connectivity index (χ4n) is 4.42. The number of nitrogens with zero attached hydrogens (tertiary/aromatic N) is 1. The molecule has 0 radical (unpaired) electrons. The van der Waals surface area contributed by atoms with Crippen molar-refractivity contribution in [3.05, 3.63) is 29.8 Å². The summed E-state index contributed by atoms with van der Waals surface area (Å²) in [5.74, 6) is 0.652. The molecule has 1 heterocycles. The Balaban J connectivity index is 1.51. The Morgan fingerprint density at radius 3 is 2.64 bits per heavy atom. The van der Waals surface area contributed by atoms with Crippen LogP contribution >= 0.6 is 0 Å². The van der Waals surface area contributed by atoms with Crippen LogP contribution in [0.5, 0.6) is 0 Å². The van der Waals surface area contributed by atoms with Gasteiger partial charge in [0.05, 0.1) is 0 Å². The van der Waals surface area contributed by atoms with Crippen LogP contribution in [0.15, 0.2) is 24.3 Å². The number of hydrogen-bond acceptors (Lipinski definition) is 3. The van der Waals surface area contributed by atoms with Crippen molar-refractivity contribution in [3.63, 3.8) is 0 Å². The maximum absolute atomic E-state index is 12.6. The smallest absolute Gasteiger partial charge is 0.251 e. The summed E-state index contributed by atoms with van der Waals surface area (Å²) in [6.07, 6.45) is 7.81. The Hall–Kier alpha value is -1.88. The quantitative estimate of drug-likeness (QED) is 0.776. The van der Waals surface area contributed by atoms with Crippen molar-refractivity contribution >= 4 is 17.5 Å². The zero-order valence-corrected chi connectivity index (χ0v) is 17.4. The minimum atomic E-state index is -0.0598. The van der Waals surface area contributed by atoms with Crippen LogP contribution in [0.2, 0.25) is 0 Å². The first-order valence-corrected chi connectivity index (χ1v) is 11.0. The molecule has 28 heavy (non-hydrogen) atoms. The molecule has 1 saturated heterocycles. The van der Waals surface area contributed by atoms with Gasteiger partial charge in [0.15, 0.2) is 0 Å². The van der Waals surface area contributed by atoms with E-state index >= 15 is 0 Å². The van der Waals surface area contributed by atoms with E-state index in [0.29, 0.717) is 29.8 Å². The van der Waals surface area contributed by atoms with Gasteiger partial charge in [0.1, 0.15) is 0 Å². The SMILES string of the molecule is CC(C)N1CCCC(CNC(=O)c2cccc(NC(=O)C3CCCCC3)c2)C1. The minimum absolute atomic E-state index is 0.0598. The average molecular weight is 386 g/mol. The first-order valence-electron chi connectivity index (χ1n) is 11.0. The van der Waals surface area contributed by atoms with Crippen LogP contribution in [0.3, 0.4) is 0 Å². The molecule has 1 atom stereocenters. The second-order valence-corrected chi connectivity index (χ2v) is 8.71. The highest BCUT2D eigenvalue weighted by Gasteiger charge is 2.23. The molecule has 1 aliphatic heterocycles. The Morgan fingerprint density at radius 1 is 1.11 bits per heavy atom. The lowest BCUT2D eigenvalue weighted by molar-refractivity contribution is -0.120. The first-order chi connectivity index (χ1) is 13.5. The van der Waals surface area contributed by atoms with Crippen molar-refractivity contribution in [2.24, 2.45) is 11.8 Å². The van der Waals surface area contributed by atoms with Gasteiger partial charge in [-0.3, -0.25) is 9.59 Å². The number of hydrogen-bond donors (Lipinski definition) is 2. The van der Waals surface area contributed by atoms with Gasteiger partial charge in [0.2, 0.25) is 5.91 Å². The summed E-state index contributed by atoms with van der Waals surface area (Å²) < 4.78 is 0. The van der Waals surface area contributed by atoms with E-state index in [2.05, 4.69) is 29.4 Å². The second kappa shape index (κ2) is 10.1. The van der Waals surface area contributed by atoms with Gasteiger partial charge >= 0.3 is 0 Å². The molecule has 5 heteroatoms. The van der Waals surface area contributed by atoms with Gasteiger partial charge in [-0.1, -0.05) is 25.3 Å². The van der Waals surface area contributed by atoms with Crippen LogP contribution in [-0.2, 0) is 4.79 Å². The van der Waals surface area contributed by atoms with E-state index in [1.807, 2.05) is 18.2 Å². The van der Waals surface area contributed by atoms with Gasteiger partial charge in [0, 0.05) is 36.3 Å². The van der Waals surface area contributed by atoms with Crippen molar-refractivity contribution in [1.82, 2.24) is 10.2 Å². The Labute approximate surface area is 169 Å². The molecular formula is C23H35N3O2. The largest absolute Gasteiger partial charge is 0.352 e. The molecule has 2 fully saturated rings. The number of anilines is 1. The standard InChI is InChI=1S/C23H35N3O2/c1-17(2)26-13-7-8-18(16-26)15-24-22(27)20-11-6-12-21(14-20)25-23(28)19-9-4-3-5-10-19/h6,11-12,14,17-19H,3-5,7-10,13,15-16H2,1-2H3,(H,24,27)(H,25,28). The van der Waals surface area contributed by atoms with E-state index in [9.17, 15) is 9.59 Å². The molecule has 1 aromatic rings. The summed E-state index contributed by atoms with van der Waals surface area (Å²) in [7, 11) is 0. The maximum atomic E-state index is 12.6. The van der Waals surface area contributed by atoms with Crippen molar-refractivity contribution in [2.45, 2.75) is 64.8 Å². The van der Waals surface area contributed by atoms with Crippen LogP contribution in [0.25, 0.3) is 0 Å². The first kappa shape index (κ1) is 20.8. The van der Waals surface area contributed by atoms with Crippen molar-refractivity contribution in [1.29, 1.82) is 0 Å². The molecule has 2 aliphatic rings. The molecule has 2 amide bonds. The number of carbonyl (C=O) groups excluding carboxylic acids is 2. The number of rotatable bonds is 6. The number of benzene rings is 1. The van der Waals surface area contributed by atoms with E-state index in [-0.39, 0.29) is 17.7 Å². The van der Waals surface area contributed by atoms with Crippen molar-refractivity contribution in [3.8, 4) is 0 Å². The normalized spacial score (nSPS) is 21.5. The molecule has 1 aliphatic carbocycles. The Morgan fingerprint density at radius 2 is 1.89 bits per heavy atom. The fraction of sp³-hybridized carbons (Fsp3) is 0.652. The Kier molecular flexibility index (Phi) is 7.49. The average Bonchev–Trinajstić information content (AvgIpc) is 2.73. The summed E-state index contributed by atoms with van der Waals surface area (Å²) in [4.78, 5) is 27.5. The van der Waals surface area contributed by atoms with Gasteiger partial charge in [0.25, 0.3) is 5.91 Å². The molecular weight excluding hydrogens is 350 g/mol. The predicted octanol–water partition coefficient (Wildman–Crippen LogP) is 4.06. The van der Waals surface area contributed by atoms with Crippen molar-refractivity contribution < 1.29 is 9.59 Å². The zero-order valence-electron chi connectivity index (χ0n) is 17.4.